The highest BCUT2D eigenvalue weighted by Gasteiger charge is 2.22. The minimum Gasteiger partial charge on any atom is -0.176 e. The van der Waals surface area contributed by atoms with Crippen molar-refractivity contribution in [3.05, 3.63) is 0 Å². The molecule has 0 amide bonds. The average Bonchev–Trinajstić information content (AvgIpc) is 1.85. The lowest BCUT2D eigenvalue weighted by molar-refractivity contribution is 0.264. The summed E-state index contributed by atoms with van der Waals surface area (Å²) in [4.78, 5) is 0. The summed E-state index contributed by atoms with van der Waals surface area (Å²) < 4.78 is 0. The van der Waals surface area contributed by atoms with Crippen molar-refractivity contribution in [2.45, 2.75) is 46.3 Å². The predicted molar refractivity (Wildman–Crippen MR) is 56.2 cm³/mol. The Bertz CT molecular complexity index is 89.0. The number of thiol groups is 1. The van der Waals surface area contributed by atoms with E-state index in [0.29, 0.717) is 5.25 Å². The molecule has 68 valence electrons. The number of hydrogen-bond donors (Lipinski definition) is 1. The topological polar surface area (TPSA) is 0 Å². The third kappa shape index (κ3) is 3.50. The van der Waals surface area contributed by atoms with Crippen LogP contribution in [0.4, 0.5) is 0 Å². The first-order valence-corrected chi connectivity index (χ1v) is 5.20. The van der Waals surface area contributed by atoms with Crippen LogP contribution in [0.2, 0.25) is 0 Å². The average molecular weight is 174 g/mol. The predicted octanol–water partition coefficient (Wildman–Crippen LogP) is 3.62. The first kappa shape index (κ1) is 11.4. The van der Waals surface area contributed by atoms with Crippen LogP contribution in [0.15, 0.2) is 0 Å². The first-order chi connectivity index (χ1) is 5.00. The lowest BCUT2D eigenvalue weighted by atomic mass is 9.81. The molecule has 0 saturated carbocycles. The second-order valence-electron chi connectivity index (χ2n) is 3.95. The van der Waals surface area contributed by atoms with E-state index in [1.807, 2.05) is 0 Å². The van der Waals surface area contributed by atoms with Crippen molar-refractivity contribution in [2.75, 3.05) is 0 Å². The minimum absolute atomic E-state index is 0.532. The highest BCUT2D eigenvalue weighted by atomic mass is 32.1. The van der Waals surface area contributed by atoms with Gasteiger partial charge in [0, 0.05) is 5.25 Å². The van der Waals surface area contributed by atoms with E-state index < -0.39 is 0 Å². The zero-order valence-electron chi connectivity index (χ0n) is 8.46. The Balaban J connectivity index is 4.09. The normalized spacial score (nSPS) is 19.9. The highest BCUT2D eigenvalue weighted by Crippen LogP contribution is 2.29. The molecule has 0 aromatic heterocycles. The summed E-state index contributed by atoms with van der Waals surface area (Å²) in [6, 6.07) is 0. The summed E-state index contributed by atoms with van der Waals surface area (Å²) in [6.45, 7) is 11.4. The standard InChI is InChI=1S/C10H22S/c1-6-8(4)10(7(2)3)9(5)11/h7-11H,6H2,1-5H3. The van der Waals surface area contributed by atoms with Gasteiger partial charge in [0.25, 0.3) is 0 Å². The van der Waals surface area contributed by atoms with Gasteiger partial charge >= 0.3 is 0 Å². The largest absolute Gasteiger partial charge is 0.176 e. The summed E-state index contributed by atoms with van der Waals surface area (Å²) in [6.07, 6.45) is 1.27. The Kier molecular flexibility index (Phi) is 5.24. The maximum atomic E-state index is 4.53. The second-order valence-corrected chi connectivity index (χ2v) is 4.76. The monoisotopic (exact) mass is 174 g/mol. The molecular weight excluding hydrogens is 152 g/mol. The van der Waals surface area contributed by atoms with Crippen molar-refractivity contribution >= 4 is 12.6 Å². The molecule has 0 aliphatic rings. The van der Waals surface area contributed by atoms with E-state index in [0.717, 1.165) is 17.8 Å². The Morgan fingerprint density at radius 1 is 1.09 bits per heavy atom. The molecule has 3 atom stereocenters. The van der Waals surface area contributed by atoms with Gasteiger partial charge in [0.2, 0.25) is 0 Å². The van der Waals surface area contributed by atoms with Crippen molar-refractivity contribution in [3.8, 4) is 0 Å². The Labute approximate surface area is 77.2 Å². The lowest BCUT2D eigenvalue weighted by Crippen LogP contribution is -2.25. The zero-order valence-corrected chi connectivity index (χ0v) is 9.36. The van der Waals surface area contributed by atoms with E-state index in [4.69, 9.17) is 0 Å². The zero-order chi connectivity index (χ0) is 9.02. The molecule has 0 aromatic carbocycles. The number of hydrogen-bond acceptors (Lipinski definition) is 1. The van der Waals surface area contributed by atoms with Gasteiger partial charge in [-0.25, -0.2) is 0 Å². The molecule has 0 spiro atoms. The summed E-state index contributed by atoms with van der Waals surface area (Å²) in [7, 11) is 0. The van der Waals surface area contributed by atoms with E-state index in [1.165, 1.54) is 6.42 Å². The minimum atomic E-state index is 0.532. The molecule has 0 N–H and O–H groups in total. The molecule has 0 radical (unpaired) electrons. The van der Waals surface area contributed by atoms with E-state index in [2.05, 4.69) is 47.2 Å². The van der Waals surface area contributed by atoms with E-state index in [1.54, 1.807) is 0 Å². The molecule has 0 nitrogen and oxygen atoms in total. The SMILES string of the molecule is CCC(C)C(C(C)C)C(C)S. The van der Waals surface area contributed by atoms with Gasteiger partial charge in [0.05, 0.1) is 0 Å². The third-order valence-electron chi connectivity index (χ3n) is 2.63. The fraction of sp³-hybridized carbons (Fsp3) is 1.00. The maximum absolute atomic E-state index is 4.53. The smallest absolute Gasteiger partial charge is 0.00217 e. The van der Waals surface area contributed by atoms with Gasteiger partial charge in [-0.05, 0) is 17.8 Å². The molecule has 0 fully saturated rings. The Morgan fingerprint density at radius 3 is 1.64 bits per heavy atom. The van der Waals surface area contributed by atoms with Crippen LogP contribution in [0.25, 0.3) is 0 Å². The molecule has 0 saturated heterocycles. The maximum Gasteiger partial charge on any atom is 0.00217 e. The highest BCUT2D eigenvalue weighted by molar-refractivity contribution is 7.80. The van der Waals surface area contributed by atoms with Gasteiger partial charge in [-0.3, -0.25) is 0 Å². The molecule has 0 aliphatic heterocycles. The fourth-order valence-corrected chi connectivity index (χ4v) is 2.60. The third-order valence-corrected chi connectivity index (χ3v) is 2.97. The van der Waals surface area contributed by atoms with Crippen molar-refractivity contribution in [1.29, 1.82) is 0 Å². The van der Waals surface area contributed by atoms with Crippen LogP contribution in [-0.2, 0) is 0 Å². The van der Waals surface area contributed by atoms with Gasteiger partial charge in [-0.15, -0.1) is 0 Å². The summed E-state index contributed by atoms with van der Waals surface area (Å²) >= 11 is 4.53. The molecule has 3 unspecified atom stereocenters. The van der Waals surface area contributed by atoms with Crippen molar-refractivity contribution < 1.29 is 0 Å². The van der Waals surface area contributed by atoms with Crippen LogP contribution in [0.3, 0.4) is 0 Å². The van der Waals surface area contributed by atoms with Crippen molar-refractivity contribution in [1.82, 2.24) is 0 Å². The second kappa shape index (κ2) is 5.08. The molecule has 0 aliphatic carbocycles. The van der Waals surface area contributed by atoms with Crippen molar-refractivity contribution in [3.63, 3.8) is 0 Å². The van der Waals surface area contributed by atoms with Gasteiger partial charge in [0.15, 0.2) is 0 Å². The van der Waals surface area contributed by atoms with Crippen LogP contribution in [0, 0.1) is 17.8 Å². The molecule has 11 heavy (non-hydrogen) atoms. The van der Waals surface area contributed by atoms with Crippen LogP contribution >= 0.6 is 12.6 Å². The molecule has 0 rings (SSSR count). The van der Waals surface area contributed by atoms with E-state index >= 15 is 0 Å². The summed E-state index contributed by atoms with van der Waals surface area (Å²) in [5, 5.41) is 0.532. The van der Waals surface area contributed by atoms with E-state index in [-0.39, 0.29) is 0 Å². The van der Waals surface area contributed by atoms with Gasteiger partial charge in [-0.1, -0.05) is 41.0 Å². The van der Waals surface area contributed by atoms with Crippen LogP contribution in [0.1, 0.15) is 41.0 Å². The lowest BCUT2D eigenvalue weighted by Gasteiger charge is -2.29. The molecular formula is C10H22S. The molecule has 0 aromatic rings. The molecule has 0 bridgehead atoms. The fourth-order valence-electron chi connectivity index (χ4n) is 1.96. The summed E-state index contributed by atoms with van der Waals surface area (Å²) in [5.41, 5.74) is 0. The first-order valence-electron chi connectivity index (χ1n) is 4.68. The quantitative estimate of drug-likeness (QED) is 0.618. The van der Waals surface area contributed by atoms with Gasteiger partial charge < -0.3 is 0 Å². The molecule has 1 heteroatoms. The number of rotatable bonds is 4. The van der Waals surface area contributed by atoms with Gasteiger partial charge in [-0.2, -0.15) is 12.6 Å². The van der Waals surface area contributed by atoms with Crippen LogP contribution in [0.5, 0.6) is 0 Å². The van der Waals surface area contributed by atoms with Crippen molar-refractivity contribution in [2.24, 2.45) is 17.8 Å². The summed E-state index contributed by atoms with van der Waals surface area (Å²) in [5.74, 6) is 2.34. The van der Waals surface area contributed by atoms with Gasteiger partial charge in [0.1, 0.15) is 0 Å². The Morgan fingerprint density at radius 2 is 1.55 bits per heavy atom. The Hall–Kier alpha value is 0.350. The van der Waals surface area contributed by atoms with E-state index in [9.17, 15) is 0 Å². The van der Waals surface area contributed by atoms with Crippen LogP contribution in [-0.4, -0.2) is 5.25 Å². The van der Waals surface area contributed by atoms with Crippen LogP contribution < -0.4 is 0 Å². The molecule has 0 heterocycles.